The van der Waals surface area contributed by atoms with Gasteiger partial charge in [0.05, 0.1) is 4.92 Å². The molecule has 1 amide bonds. The van der Waals surface area contributed by atoms with Crippen LogP contribution >= 0.6 is 0 Å². The molecule has 1 aliphatic rings. The van der Waals surface area contributed by atoms with Gasteiger partial charge in [-0.1, -0.05) is 0 Å². The van der Waals surface area contributed by atoms with Gasteiger partial charge in [0.25, 0.3) is 5.91 Å². The summed E-state index contributed by atoms with van der Waals surface area (Å²) >= 11 is 0. The highest BCUT2D eigenvalue weighted by Gasteiger charge is 2.35. The van der Waals surface area contributed by atoms with Gasteiger partial charge in [0, 0.05) is 18.8 Å². The molecule has 1 aromatic carbocycles. The minimum atomic E-state index is -0.625. The van der Waals surface area contributed by atoms with Crippen LogP contribution < -0.4 is 4.90 Å². The van der Waals surface area contributed by atoms with Crippen molar-refractivity contribution in [1.29, 1.82) is 0 Å². The van der Waals surface area contributed by atoms with E-state index < -0.39 is 10.8 Å². The molecule has 0 spiro atoms. The molecule has 2 heterocycles. The van der Waals surface area contributed by atoms with Gasteiger partial charge in [-0.05, 0) is 43.5 Å². The Balaban J connectivity index is 2.08. The van der Waals surface area contributed by atoms with Crippen molar-refractivity contribution in [3.8, 4) is 0 Å². The lowest BCUT2D eigenvalue weighted by atomic mass is 9.96. The van der Waals surface area contributed by atoms with Gasteiger partial charge in [-0.15, -0.1) is 0 Å². The number of aromatic nitrogens is 2. The van der Waals surface area contributed by atoms with Crippen LogP contribution in [-0.4, -0.2) is 26.7 Å². The molecule has 1 unspecified atom stereocenters. The standard InChI is InChI=1S/C15H15FN4O3/c1-9-3-4-10-7-11(16)5-6-12(10)19(9)15(21)14-13(20(22)23)8-18(2)17-14/h5-9H,3-4H2,1-2H3. The van der Waals surface area contributed by atoms with Crippen molar-refractivity contribution in [2.45, 2.75) is 25.8 Å². The summed E-state index contributed by atoms with van der Waals surface area (Å²) in [7, 11) is 1.52. The molecular weight excluding hydrogens is 303 g/mol. The number of carbonyl (C=O) groups is 1. The number of nitrogens with zero attached hydrogens (tertiary/aromatic N) is 4. The molecule has 0 bridgehead atoms. The monoisotopic (exact) mass is 318 g/mol. The molecule has 2 aromatic rings. The molecular formula is C15H15FN4O3. The lowest BCUT2D eigenvalue weighted by Crippen LogP contribution is -2.42. The first-order valence-corrected chi connectivity index (χ1v) is 7.18. The average molecular weight is 318 g/mol. The minimum absolute atomic E-state index is 0.151. The zero-order valence-corrected chi connectivity index (χ0v) is 12.7. The molecule has 1 atom stereocenters. The lowest BCUT2D eigenvalue weighted by Gasteiger charge is -2.34. The number of anilines is 1. The van der Waals surface area contributed by atoms with E-state index in [1.54, 1.807) is 0 Å². The highest BCUT2D eigenvalue weighted by molar-refractivity contribution is 6.08. The zero-order chi connectivity index (χ0) is 16.7. The summed E-state index contributed by atoms with van der Waals surface area (Å²) in [5, 5.41) is 15.1. The first kappa shape index (κ1) is 15.1. The van der Waals surface area contributed by atoms with Crippen LogP contribution in [-0.2, 0) is 13.5 Å². The lowest BCUT2D eigenvalue weighted by molar-refractivity contribution is -0.385. The van der Waals surface area contributed by atoms with Crippen molar-refractivity contribution < 1.29 is 14.1 Å². The number of aryl methyl sites for hydroxylation is 2. The number of nitro groups is 1. The van der Waals surface area contributed by atoms with E-state index in [-0.39, 0.29) is 23.2 Å². The summed E-state index contributed by atoms with van der Waals surface area (Å²) in [6.45, 7) is 1.86. The maximum Gasteiger partial charge on any atom is 0.320 e. The summed E-state index contributed by atoms with van der Waals surface area (Å²) < 4.78 is 14.6. The molecule has 23 heavy (non-hydrogen) atoms. The van der Waals surface area contributed by atoms with Crippen LogP contribution in [0.25, 0.3) is 0 Å². The van der Waals surface area contributed by atoms with E-state index in [0.29, 0.717) is 18.5 Å². The fraction of sp³-hybridized carbons (Fsp3) is 0.333. The summed E-state index contributed by atoms with van der Waals surface area (Å²) in [5.41, 5.74) is 0.755. The smallest absolute Gasteiger partial charge is 0.304 e. The Hall–Kier alpha value is -2.77. The van der Waals surface area contributed by atoms with Gasteiger partial charge in [-0.2, -0.15) is 5.10 Å². The average Bonchev–Trinajstić information content (AvgIpc) is 2.89. The largest absolute Gasteiger partial charge is 0.320 e. The van der Waals surface area contributed by atoms with Gasteiger partial charge >= 0.3 is 5.69 Å². The maximum absolute atomic E-state index is 13.4. The Labute approximate surface area is 131 Å². The molecule has 1 aromatic heterocycles. The van der Waals surface area contributed by atoms with Gasteiger partial charge in [0.1, 0.15) is 12.0 Å². The van der Waals surface area contributed by atoms with E-state index in [4.69, 9.17) is 0 Å². The molecule has 120 valence electrons. The first-order chi connectivity index (χ1) is 10.9. The molecule has 8 heteroatoms. The number of hydrogen-bond donors (Lipinski definition) is 0. The Morgan fingerprint density at radius 2 is 2.22 bits per heavy atom. The molecule has 0 fully saturated rings. The van der Waals surface area contributed by atoms with Crippen LogP contribution in [0.5, 0.6) is 0 Å². The fourth-order valence-electron chi connectivity index (χ4n) is 2.91. The molecule has 0 N–H and O–H groups in total. The van der Waals surface area contributed by atoms with E-state index in [2.05, 4.69) is 5.10 Å². The fourth-order valence-corrected chi connectivity index (χ4v) is 2.91. The number of benzene rings is 1. The number of hydrogen-bond acceptors (Lipinski definition) is 4. The van der Waals surface area contributed by atoms with E-state index >= 15 is 0 Å². The minimum Gasteiger partial charge on any atom is -0.304 e. The molecule has 1 aliphatic heterocycles. The highest BCUT2D eigenvalue weighted by Crippen LogP contribution is 2.33. The first-order valence-electron chi connectivity index (χ1n) is 7.18. The number of fused-ring (bicyclic) bond motifs is 1. The number of amides is 1. The zero-order valence-electron chi connectivity index (χ0n) is 12.7. The summed E-state index contributed by atoms with van der Waals surface area (Å²) in [5.74, 6) is -0.910. The van der Waals surface area contributed by atoms with Gasteiger partial charge in [-0.25, -0.2) is 4.39 Å². The normalized spacial score (nSPS) is 17.0. The van der Waals surface area contributed by atoms with Crippen LogP contribution in [0, 0.1) is 15.9 Å². The Morgan fingerprint density at radius 3 is 2.91 bits per heavy atom. The van der Waals surface area contributed by atoms with E-state index in [1.807, 2.05) is 6.92 Å². The highest BCUT2D eigenvalue weighted by atomic mass is 19.1. The Kier molecular flexibility index (Phi) is 3.59. The maximum atomic E-state index is 13.4. The van der Waals surface area contributed by atoms with Crippen LogP contribution in [0.4, 0.5) is 15.8 Å². The van der Waals surface area contributed by atoms with Crippen LogP contribution in [0.2, 0.25) is 0 Å². The van der Waals surface area contributed by atoms with Crippen molar-refractivity contribution >= 4 is 17.3 Å². The molecule has 0 aliphatic carbocycles. The van der Waals surface area contributed by atoms with Gasteiger partial charge < -0.3 is 4.90 Å². The van der Waals surface area contributed by atoms with Crippen molar-refractivity contribution in [3.63, 3.8) is 0 Å². The number of carbonyl (C=O) groups excluding carboxylic acids is 1. The third-order valence-corrected chi connectivity index (χ3v) is 4.00. The van der Waals surface area contributed by atoms with E-state index in [1.165, 1.54) is 41.0 Å². The van der Waals surface area contributed by atoms with Gasteiger partial charge in [-0.3, -0.25) is 19.6 Å². The predicted octanol–water partition coefficient (Wildman–Crippen LogP) is 2.45. The third kappa shape index (κ3) is 2.56. The third-order valence-electron chi connectivity index (χ3n) is 4.00. The van der Waals surface area contributed by atoms with Gasteiger partial charge in [0.15, 0.2) is 0 Å². The molecule has 0 saturated heterocycles. The molecule has 0 radical (unpaired) electrons. The number of halogens is 1. The van der Waals surface area contributed by atoms with Gasteiger partial charge in [0.2, 0.25) is 5.69 Å². The van der Waals surface area contributed by atoms with E-state index in [9.17, 15) is 19.3 Å². The molecule has 7 nitrogen and oxygen atoms in total. The topological polar surface area (TPSA) is 81.3 Å². The van der Waals surface area contributed by atoms with Crippen LogP contribution in [0.1, 0.15) is 29.4 Å². The van der Waals surface area contributed by atoms with Crippen molar-refractivity contribution in [1.82, 2.24) is 9.78 Å². The summed E-state index contributed by atoms with van der Waals surface area (Å²) in [6, 6.07) is 4.06. The summed E-state index contributed by atoms with van der Waals surface area (Å²) in [4.78, 5) is 24.8. The molecule has 3 rings (SSSR count). The van der Waals surface area contributed by atoms with Crippen LogP contribution in [0.15, 0.2) is 24.4 Å². The van der Waals surface area contributed by atoms with Crippen molar-refractivity contribution in [3.05, 3.63) is 51.6 Å². The SMILES string of the molecule is CC1CCc2cc(F)ccc2N1C(=O)c1nn(C)cc1[N+](=O)[O-]. The van der Waals surface area contributed by atoms with Crippen molar-refractivity contribution in [2.75, 3.05) is 4.90 Å². The number of rotatable bonds is 2. The van der Waals surface area contributed by atoms with E-state index in [0.717, 1.165) is 5.56 Å². The molecule has 0 saturated carbocycles. The van der Waals surface area contributed by atoms with Crippen molar-refractivity contribution in [2.24, 2.45) is 7.05 Å². The van der Waals surface area contributed by atoms with Crippen LogP contribution in [0.3, 0.4) is 0 Å². The Bertz CT molecular complexity index is 802. The second-order valence-electron chi connectivity index (χ2n) is 5.63. The predicted molar refractivity (Wildman–Crippen MR) is 80.9 cm³/mol. The second kappa shape index (κ2) is 5.45. The quantitative estimate of drug-likeness (QED) is 0.629. The Morgan fingerprint density at radius 1 is 1.48 bits per heavy atom. The summed E-state index contributed by atoms with van der Waals surface area (Å²) in [6.07, 6.45) is 2.51. The second-order valence-corrected chi connectivity index (χ2v) is 5.63.